The van der Waals surface area contributed by atoms with Crippen LogP contribution in [0.15, 0.2) is 47.5 Å². The van der Waals surface area contributed by atoms with Crippen molar-refractivity contribution in [3.05, 3.63) is 68.6 Å². The van der Waals surface area contributed by atoms with Crippen LogP contribution in [0, 0.1) is 6.92 Å². The summed E-state index contributed by atoms with van der Waals surface area (Å²) in [4.78, 5) is 38.9. The highest BCUT2D eigenvalue weighted by molar-refractivity contribution is 6.39. The van der Waals surface area contributed by atoms with E-state index in [1.54, 1.807) is 25.2 Å². The molecule has 1 aromatic carbocycles. The lowest BCUT2D eigenvalue weighted by molar-refractivity contribution is -0.145. The molecule has 0 fully saturated rings. The lowest BCUT2D eigenvalue weighted by Gasteiger charge is -2.31. The van der Waals surface area contributed by atoms with E-state index >= 15 is 0 Å². The van der Waals surface area contributed by atoms with E-state index in [2.05, 4.69) is 0 Å². The Bertz CT molecular complexity index is 1140. The van der Waals surface area contributed by atoms with Crippen LogP contribution in [-0.2, 0) is 19.1 Å². The molecule has 0 saturated heterocycles. The summed E-state index contributed by atoms with van der Waals surface area (Å²) in [6.45, 7) is 4.43. The monoisotopic (exact) mass is 464 g/mol. The predicted octanol–water partition coefficient (Wildman–Crippen LogP) is 4.38. The first kappa shape index (κ1) is 22.7. The molecule has 1 aromatic rings. The van der Waals surface area contributed by atoms with Gasteiger partial charge in [-0.2, -0.15) is 0 Å². The summed E-state index contributed by atoms with van der Waals surface area (Å²) in [6.07, 6.45) is 7.38. The average Bonchev–Trinajstić information content (AvgIpc) is 2.73. The Morgan fingerprint density at radius 1 is 1.23 bits per heavy atom. The molecule has 7 nitrogen and oxygen atoms in total. The van der Waals surface area contributed by atoms with Gasteiger partial charge in [0.25, 0.3) is 0 Å². The second-order valence-electron chi connectivity index (χ2n) is 6.92. The molecule has 1 aliphatic heterocycles. The summed E-state index contributed by atoms with van der Waals surface area (Å²) in [7, 11) is 1.23. The topological polar surface area (TPSA) is 99.1 Å². The van der Waals surface area contributed by atoms with Gasteiger partial charge >= 0.3 is 5.97 Å². The molecule has 0 spiro atoms. The first-order chi connectivity index (χ1) is 14.6. The summed E-state index contributed by atoms with van der Waals surface area (Å²) < 4.78 is 15.9. The third-order valence-electron chi connectivity index (χ3n) is 4.94. The van der Waals surface area contributed by atoms with E-state index in [1.807, 2.05) is 0 Å². The maximum Gasteiger partial charge on any atom is 0.343 e. The van der Waals surface area contributed by atoms with Crippen LogP contribution >= 0.6 is 23.2 Å². The number of allylic oxidation sites excluding steroid dienone is 4. The molecule has 9 heteroatoms. The molecule has 0 saturated carbocycles. The zero-order valence-corrected chi connectivity index (χ0v) is 18.6. The average molecular weight is 465 g/mol. The molecule has 0 radical (unpaired) electrons. The number of carbonyl (C=O) groups is 3. The summed E-state index contributed by atoms with van der Waals surface area (Å²) in [5.41, 5.74) is -1.80. The largest absolute Gasteiger partial charge is 0.505 e. The van der Waals surface area contributed by atoms with Crippen molar-refractivity contribution in [1.82, 2.24) is 0 Å². The third-order valence-corrected chi connectivity index (χ3v) is 5.75. The lowest BCUT2D eigenvalue weighted by atomic mass is 9.80. The number of phenols is 1. The van der Waals surface area contributed by atoms with Crippen molar-refractivity contribution in [1.29, 1.82) is 0 Å². The Kier molecular flexibility index (Phi) is 6.02. The number of halogens is 2. The molecular weight excluding hydrogens is 447 g/mol. The van der Waals surface area contributed by atoms with Crippen LogP contribution in [-0.4, -0.2) is 35.4 Å². The molecule has 3 rings (SSSR count). The van der Waals surface area contributed by atoms with Crippen LogP contribution in [0.4, 0.5) is 0 Å². The van der Waals surface area contributed by atoms with Crippen LogP contribution in [0.25, 0.3) is 0 Å². The second-order valence-corrected chi connectivity index (χ2v) is 7.68. The normalized spacial score (nSPS) is 20.5. The van der Waals surface area contributed by atoms with Gasteiger partial charge in [-0.3, -0.25) is 9.59 Å². The molecule has 0 bridgehead atoms. The van der Waals surface area contributed by atoms with Crippen LogP contribution in [0.2, 0.25) is 10.0 Å². The van der Waals surface area contributed by atoms with E-state index in [4.69, 9.17) is 37.4 Å². The van der Waals surface area contributed by atoms with Gasteiger partial charge in [-0.25, -0.2) is 4.79 Å². The van der Waals surface area contributed by atoms with Gasteiger partial charge in [-0.15, -0.1) is 0 Å². The Hall–Kier alpha value is -3.03. The zero-order valence-electron chi connectivity index (χ0n) is 17.0. The van der Waals surface area contributed by atoms with Gasteiger partial charge in [0.1, 0.15) is 22.6 Å². The standard InChI is InChI=1S/C22H18Cl2O7/c1-5-6-12-7-11-8-14(25)22(3,20(27)13(11)9-30-12)31-21(28)15-10(2)16(23)18(26)17(24)19(15)29-4/h5-9,26H,1-4H3/b6-5+/t22-/m0/s1. The fourth-order valence-electron chi connectivity index (χ4n) is 3.21. The van der Waals surface area contributed by atoms with Crippen LogP contribution < -0.4 is 4.74 Å². The summed E-state index contributed by atoms with van der Waals surface area (Å²) in [5, 5.41) is 9.52. The number of esters is 1. The summed E-state index contributed by atoms with van der Waals surface area (Å²) in [5.74, 6) is -2.74. The number of ether oxygens (including phenoxy) is 3. The number of ketones is 2. The highest BCUT2D eigenvalue weighted by Gasteiger charge is 2.50. The molecule has 0 amide bonds. The third kappa shape index (κ3) is 3.64. The molecule has 2 aliphatic rings. The van der Waals surface area contributed by atoms with Gasteiger partial charge in [0, 0.05) is 0 Å². The SMILES string of the molecule is C/C=C/C1=CC2=CC(=O)[C@](C)(OC(=O)c3c(C)c(Cl)c(O)c(Cl)c3OC)C(=O)C2=CO1. The second kappa shape index (κ2) is 8.24. The predicted molar refractivity (Wildman–Crippen MR) is 113 cm³/mol. The summed E-state index contributed by atoms with van der Waals surface area (Å²) >= 11 is 12.1. The fraction of sp³-hybridized carbons (Fsp3) is 0.227. The van der Waals surface area contributed by atoms with Crippen LogP contribution in [0.1, 0.15) is 29.8 Å². The Morgan fingerprint density at radius 2 is 1.90 bits per heavy atom. The molecule has 162 valence electrons. The van der Waals surface area contributed by atoms with Crippen molar-refractivity contribution in [2.75, 3.05) is 7.11 Å². The summed E-state index contributed by atoms with van der Waals surface area (Å²) in [6, 6.07) is 0. The van der Waals surface area contributed by atoms with Crippen molar-refractivity contribution in [3.63, 3.8) is 0 Å². The Balaban J connectivity index is 2.04. The highest BCUT2D eigenvalue weighted by Crippen LogP contribution is 2.45. The maximum atomic E-state index is 13.1. The number of carbonyl (C=O) groups excluding carboxylic acids is 3. The zero-order chi connectivity index (χ0) is 23.1. The first-order valence-electron chi connectivity index (χ1n) is 9.07. The van der Waals surface area contributed by atoms with Crippen LogP contribution in [0.5, 0.6) is 11.5 Å². The molecule has 1 N–H and O–H groups in total. The van der Waals surface area contributed by atoms with E-state index in [0.717, 1.165) is 0 Å². The number of fused-ring (bicyclic) bond motifs is 1. The number of methoxy groups -OCH3 is 1. The van der Waals surface area contributed by atoms with E-state index in [9.17, 15) is 19.5 Å². The lowest BCUT2D eigenvalue weighted by Crippen LogP contribution is -2.50. The van der Waals surface area contributed by atoms with Gasteiger partial charge in [-0.05, 0) is 50.1 Å². The fourth-order valence-corrected chi connectivity index (χ4v) is 3.71. The number of hydrogen-bond donors (Lipinski definition) is 1. The first-order valence-corrected chi connectivity index (χ1v) is 9.82. The minimum absolute atomic E-state index is 0.0913. The number of rotatable bonds is 4. The van der Waals surface area contributed by atoms with Crippen LogP contribution in [0.3, 0.4) is 0 Å². The Morgan fingerprint density at radius 3 is 2.52 bits per heavy atom. The smallest absolute Gasteiger partial charge is 0.343 e. The van der Waals surface area contributed by atoms with E-state index < -0.39 is 28.9 Å². The van der Waals surface area contributed by atoms with Gasteiger partial charge in [0.15, 0.2) is 11.5 Å². The van der Waals surface area contributed by atoms with E-state index in [0.29, 0.717) is 11.3 Å². The number of benzene rings is 1. The molecule has 1 atom stereocenters. The van der Waals surface area contributed by atoms with Crippen molar-refractivity contribution < 1.29 is 33.7 Å². The number of hydrogen-bond acceptors (Lipinski definition) is 7. The maximum absolute atomic E-state index is 13.1. The molecule has 1 heterocycles. The molecule has 0 aromatic heterocycles. The van der Waals surface area contributed by atoms with E-state index in [1.165, 1.54) is 33.3 Å². The van der Waals surface area contributed by atoms with Gasteiger partial charge in [0.2, 0.25) is 17.2 Å². The molecule has 0 unspecified atom stereocenters. The Labute approximate surface area is 188 Å². The van der Waals surface area contributed by atoms with Gasteiger partial charge < -0.3 is 19.3 Å². The number of phenolic OH excluding ortho intramolecular Hbond substituents is 1. The minimum atomic E-state index is -2.14. The van der Waals surface area contributed by atoms with Crippen molar-refractivity contribution in [3.8, 4) is 11.5 Å². The highest BCUT2D eigenvalue weighted by atomic mass is 35.5. The van der Waals surface area contributed by atoms with Crippen molar-refractivity contribution in [2.45, 2.75) is 26.4 Å². The number of aromatic hydroxyl groups is 1. The minimum Gasteiger partial charge on any atom is -0.505 e. The molecule has 31 heavy (non-hydrogen) atoms. The van der Waals surface area contributed by atoms with Crippen molar-refractivity contribution in [2.24, 2.45) is 0 Å². The van der Waals surface area contributed by atoms with E-state index in [-0.39, 0.29) is 32.5 Å². The quantitative estimate of drug-likeness (QED) is 0.520. The molecule has 1 aliphatic carbocycles. The van der Waals surface area contributed by atoms with Crippen molar-refractivity contribution >= 4 is 40.7 Å². The van der Waals surface area contributed by atoms with Gasteiger partial charge in [-0.1, -0.05) is 29.3 Å². The van der Waals surface area contributed by atoms with Gasteiger partial charge in [0.05, 0.1) is 17.7 Å². The molecular formula is C22H18Cl2O7. The number of Topliss-reactive ketones (excluding diaryl/α,β-unsaturated/α-hetero) is 1.